The molecule has 3 N–H and O–H groups in total. The molecule has 4 heteroatoms. The fourth-order valence-electron chi connectivity index (χ4n) is 2.21. The Morgan fingerprint density at radius 3 is 2.20 bits per heavy atom. The number of hydrogen-bond donors (Lipinski definition) is 2. The van der Waals surface area contributed by atoms with E-state index in [1.54, 1.807) is 19.2 Å². The molecule has 0 fully saturated rings. The molecule has 0 aliphatic rings. The van der Waals surface area contributed by atoms with Gasteiger partial charge in [0.05, 0.1) is 13.2 Å². The van der Waals surface area contributed by atoms with Gasteiger partial charge in [0.25, 0.3) is 0 Å². The third-order valence-corrected chi connectivity index (χ3v) is 3.45. The van der Waals surface area contributed by atoms with Gasteiger partial charge in [0, 0.05) is 19.3 Å². The fraction of sp³-hybridized carbons (Fsp3) is 0.250. The van der Waals surface area contributed by atoms with Crippen molar-refractivity contribution in [3.05, 3.63) is 54.1 Å². The zero-order valence-electron chi connectivity index (χ0n) is 11.8. The van der Waals surface area contributed by atoms with Gasteiger partial charge >= 0.3 is 0 Å². The molecule has 0 heterocycles. The van der Waals surface area contributed by atoms with Crippen LogP contribution in [0.5, 0.6) is 11.5 Å². The Kier molecular flexibility index (Phi) is 4.48. The van der Waals surface area contributed by atoms with E-state index < -0.39 is 0 Å². The lowest BCUT2D eigenvalue weighted by Crippen LogP contribution is -2.30. The molecule has 0 aliphatic heterocycles. The highest BCUT2D eigenvalue weighted by Crippen LogP contribution is 2.27. The van der Waals surface area contributed by atoms with E-state index in [1.165, 1.54) is 0 Å². The third kappa shape index (κ3) is 3.03. The van der Waals surface area contributed by atoms with Gasteiger partial charge in [-0.3, -0.25) is 0 Å². The second-order valence-electron chi connectivity index (χ2n) is 4.65. The van der Waals surface area contributed by atoms with Crippen LogP contribution < -0.4 is 15.4 Å². The number of hydrogen-bond acceptors (Lipinski definition) is 4. The number of nitrogens with two attached hydrogens (primary N) is 1. The van der Waals surface area contributed by atoms with Crippen LogP contribution in [0.25, 0.3) is 0 Å². The van der Waals surface area contributed by atoms with E-state index in [-0.39, 0.29) is 11.8 Å². The van der Waals surface area contributed by atoms with E-state index in [1.807, 2.05) is 43.4 Å². The monoisotopic (exact) mass is 272 g/mol. The van der Waals surface area contributed by atoms with Gasteiger partial charge in [-0.25, -0.2) is 0 Å². The maximum atomic E-state index is 9.35. The van der Waals surface area contributed by atoms with Crippen molar-refractivity contribution < 1.29 is 9.84 Å². The zero-order chi connectivity index (χ0) is 14.5. The molecule has 0 radical (unpaired) electrons. The van der Waals surface area contributed by atoms with Gasteiger partial charge in [0.1, 0.15) is 11.5 Å². The number of aromatic hydroxyl groups is 1. The first-order valence-corrected chi connectivity index (χ1v) is 6.51. The van der Waals surface area contributed by atoms with E-state index in [2.05, 4.69) is 4.90 Å². The molecule has 0 spiro atoms. The van der Waals surface area contributed by atoms with Gasteiger partial charge in [-0.05, 0) is 42.0 Å². The minimum Gasteiger partial charge on any atom is -0.508 e. The number of ether oxygens (including phenoxy) is 1. The molecule has 2 aromatic rings. The Bertz CT molecular complexity index is 537. The van der Waals surface area contributed by atoms with E-state index in [9.17, 15) is 5.11 Å². The normalized spacial score (nSPS) is 11.9. The molecule has 0 aromatic heterocycles. The van der Waals surface area contributed by atoms with Crippen LogP contribution in [0, 0.1) is 0 Å². The van der Waals surface area contributed by atoms with E-state index in [0.29, 0.717) is 6.54 Å². The predicted molar refractivity (Wildman–Crippen MR) is 81.3 cm³/mol. The van der Waals surface area contributed by atoms with Crippen molar-refractivity contribution in [1.82, 2.24) is 0 Å². The van der Waals surface area contributed by atoms with E-state index >= 15 is 0 Å². The summed E-state index contributed by atoms with van der Waals surface area (Å²) >= 11 is 0. The zero-order valence-corrected chi connectivity index (χ0v) is 11.8. The van der Waals surface area contributed by atoms with Gasteiger partial charge in [-0.2, -0.15) is 0 Å². The fourth-order valence-corrected chi connectivity index (χ4v) is 2.21. The van der Waals surface area contributed by atoms with Crippen molar-refractivity contribution in [1.29, 1.82) is 0 Å². The Balaban J connectivity index is 2.23. The Morgan fingerprint density at radius 2 is 1.70 bits per heavy atom. The lowest BCUT2D eigenvalue weighted by Gasteiger charge is -2.29. The summed E-state index contributed by atoms with van der Waals surface area (Å²) in [6.45, 7) is 0.504. The smallest absolute Gasteiger partial charge is 0.118 e. The highest BCUT2D eigenvalue weighted by atomic mass is 16.5. The number of phenols is 1. The lowest BCUT2D eigenvalue weighted by atomic mass is 10.0. The SMILES string of the molecule is COc1ccc(C(CN)N(C)c2ccc(O)cc2)cc1. The highest BCUT2D eigenvalue weighted by Gasteiger charge is 2.16. The first-order valence-electron chi connectivity index (χ1n) is 6.51. The first-order chi connectivity index (χ1) is 9.65. The average Bonchev–Trinajstić information content (AvgIpc) is 2.49. The summed E-state index contributed by atoms with van der Waals surface area (Å²) in [5.74, 6) is 1.09. The largest absolute Gasteiger partial charge is 0.508 e. The topological polar surface area (TPSA) is 58.7 Å². The minimum atomic E-state index is 0.0745. The van der Waals surface area contributed by atoms with Crippen LogP contribution in [0.4, 0.5) is 5.69 Å². The van der Waals surface area contributed by atoms with Crippen molar-refractivity contribution in [2.24, 2.45) is 5.73 Å². The van der Waals surface area contributed by atoms with Crippen LogP contribution in [0.2, 0.25) is 0 Å². The number of rotatable bonds is 5. The summed E-state index contributed by atoms with van der Waals surface area (Å²) in [6.07, 6.45) is 0. The molecule has 4 nitrogen and oxygen atoms in total. The lowest BCUT2D eigenvalue weighted by molar-refractivity contribution is 0.414. The molecule has 2 aromatic carbocycles. The van der Waals surface area contributed by atoms with Crippen molar-refractivity contribution >= 4 is 5.69 Å². The van der Waals surface area contributed by atoms with Gasteiger partial charge < -0.3 is 20.5 Å². The van der Waals surface area contributed by atoms with Crippen molar-refractivity contribution in [2.75, 3.05) is 25.6 Å². The molecule has 1 atom stereocenters. The second-order valence-corrected chi connectivity index (χ2v) is 4.65. The summed E-state index contributed by atoms with van der Waals surface area (Å²) in [7, 11) is 3.64. The third-order valence-electron chi connectivity index (χ3n) is 3.45. The highest BCUT2D eigenvalue weighted by molar-refractivity contribution is 5.50. The molecular weight excluding hydrogens is 252 g/mol. The molecule has 0 saturated heterocycles. The summed E-state index contributed by atoms with van der Waals surface area (Å²) in [4.78, 5) is 2.10. The van der Waals surface area contributed by atoms with E-state index in [4.69, 9.17) is 10.5 Å². The summed E-state index contributed by atoms with van der Waals surface area (Å²) in [5, 5.41) is 9.35. The number of methoxy groups -OCH3 is 1. The molecular formula is C16H20N2O2. The second kappa shape index (κ2) is 6.30. The van der Waals surface area contributed by atoms with Gasteiger partial charge in [-0.15, -0.1) is 0 Å². The van der Waals surface area contributed by atoms with Crippen LogP contribution in [0.15, 0.2) is 48.5 Å². The van der Waals surface area contributed by atoms with Gasteiger partial charge in [0.15, 0.2) is 0 Å². The average molecular weight is 272 g/mol. The Morgan fingerprint density at radius 1 is 1.10 bits per heavy atom. The molecule has 106 valence electrons. The molecule has 0 saturated carbocycles. The van der Waals surface area contributed by atoms with Crippen LogP contribution in [0.3, 0.4) is 0 Å². The minimum absolute atomic E-state index is 0.0745. The predicted octanol–water partition coefficient (Wildman–Crippen LogP) is 2.54. The van der Waals surface area contributed by atoms with Crippen LogP contribution in [0.1, 0.15) is 11.6 Å². The number of nitrogens with zero attached hydrogens (tertiary/aromatic N) is 1. The maximum Gasteiger partial charge on any atom is 0.118 e. The molecule has 1 unspecified atom stereocenters. The number of phenolic OH excluding ortho intramolecular Hbond substituents is 1. The number of anilines is 1. The Hall–Kier alpha value is -2.20. The van der Waals surface area contributed by atoms with E-state index in [0.717, 1.165) is 17.0 Å². The van der Waals surface area contributed by atoms with Crippen LogP contribution >= 0.6 is 0 Å². The van der Waals surface area contributed by atoms with Crippen molar-refractivity contribution in [2.45, 2.75) is 6.04 Å². The van der Waals surface area contributed by atoms with Gasteiger partial charge in [0.2, 0.25) is 0 Å². The molecule has 2 rings (SSSR count). The molecule has 0 amide bonds. The van der Waals surface area contributed by atoms with Gasteiger partial charge in [-0.1, -0.05) is 12.1 Å². The quantitative estimate of drug-likeness (QED) is 0.878. The summed E-state index contributed by atoms with van der Waals surface area (Å²) in [5.41, 5.74) is 8.06. The number of likely N-dealkylation sites (N-methyl/N-ethyl adjacent to an activating group) is 1. The van der Waals surface area contributed by atoms with Crippen LogP contribution in [-0.4, -0.2) is 25.8 Å². The standard InChI is InChI=1S/C16H20N2O2/c1-18(13-5-7-14(19)8-6-13)16(11-17)12-3-9-15(20-2)10-4-12/h3-10,16,19H,11,17H2,1-2H3. The van der Waals surface area contributed by atoms with Crippen molar-refractivity contribution in [3.8, 4) is 11.5 Å². The maximum absolute atomic E-state index is 9.35. The first kappa shape index (κ1) is 14.2. The molecule has 0 aliphatic carbocycles. The Labute approximate surface area is 119 Å². The van der Waals surface area contributed by atoms with Crippen molar-refractivity contribution in [3.63, 3.8) is 0 Å². The number of benzene rings is 2. The summed E-state index contributed by atoms with van der Waals surface area (Å²) in [6, 6.07) is 15.1. The molecule has 20 heavy (non-hydrogen) atoms. The van der Waals surface area contributed by atoms with Crippen LogP contribution in [-0.2, 0) is 0 Å². The molecule has 0 bridgehead atoms. The summed E-state index contributed by atoms with van der Waals surface area (Å²) < 4.78 is 5.17.